The maximum absolute atomic E-state index is 5.09. The van der Waals surface area contributed by atoms with E-state index in [2.05, 4.69) is 31.6 Å². The van der Waals surface area contributed by atoms with E-state index in [1.165, 1.54) is 0 Å². The molecule has 0 bridgehead atoms. The van der Waals surface area contributed by atoms with Crippen LogP contribution in [0.5, 0.6) is 5.75 Å². The molecule has 0 atom stereocenters. The first kappa shape index (κ1) is 9.13. The van der Waals surface area contributed by atoms with Crippen molar-refractivity contribution in [3.63, 3.8) is 0 Å². The molecule has 2 heterocycles. The summed E-state index contributed by atoms with van der Waals surface area (Å²) in [5.41, 5.74) is 1.39. The molecule has 2 rings (SSSR count). The van der Waals surface area contributed by atoms with Crippen LogP contribution >= 0.6 is 0 Å². The van der Waals surface area contributed by atoms with Crippen molar-refractivity contribution >= 4 is 16.6 Å². The van der Waals surface area contributed by atoms with Crippen LogP contribution in [0.25, 0.3) is 11.4 Å². The van der Waals surface area contributed by atoms with Crippen LogP contribution in [0, 0.1) is 0 Å². The Labute approximate surface area is 89.8 Å². The zero-order valence-corrected chi connectivity index (χ0v) is 8.45. The fourth-order valence-corrected chi connectivity index (χ4v) is 1.29. The molecule has 0 N–H and O–H groups in total. The van der Waals surface area contributed by atoms with Gasteiger partial charge in [0.2, 0.25) is 0 Å². The van der Waals surface area contributed by atoms with Gasteiger partial charge in [-0.2, -0.15) is 0 Å². The molecule has 0 aliphatic rings. The smallest absolute Gasteiger partial charge is 0.482 e. The summed E-state index contributed by atoms with van der Waals surface area (Å²) in [6, 6.07) is 3.63. The average molecular weight is 199 g/mol. The summed E-state index contributed by atoms with van der Waals surface area (Å²) < 4.78 is 5.09. The van der Waals surface area contributed by atoms with Crippen LogP contribution in [-0.2, 0) is 0 Å². The highest BCUT2D eigenvalue weighted by atomic mass is 27.1. The first-order chi connectivity index (χ1) is 6.92. The fourth-order valence-electron chi connectivity index (χ4n) is 1.10. The Morgan fingerprint density at radius 3 is 2.79 bits per heavy atom. The summed E-state index contributed by atoms with van der Waals surface area (Å²) in [5.74, 6) is 0.665. The Morgan fingerprint density at radius 2 is 2.07 bits per heavy atom. The van der Waals surface area contributed by atoms with Crippen LogP contribution < -0.4 is 3.79 Å². The van der Waals surface area contributed by atoms with Crippen LogP contribution in [0.2, 0.25) is 0 Å². The maximum atomic E-state index is 5.09. The van der Waals surface area contributed by atoms with E-state index >= 15 is 0 Å². The highest BCUT2D eigenvalue weighted by Gasteiger charge is 2.05. The topological polar surface area (TPSA) is 47.9 Å². The number of rotatable bonds is 2. The quantitative estimate of drug-likeness (QED) is 0.677. The van der Waals surface area contributed by atoms with Gasteiger partial charge >= 0.3 is 16.6 Å². The van der Waals surface area contributed by atoms with Crippen molar-refractivity contribution in [3.05, 3.63) is 36.9 Å². The minimum absolute atomic E-state index is 0.665. The van der Waals surface area contributed by atoms with Gasteiger partial charge in [0.05, 0.1) is 6.20 Å². The minimum Gasteiger partial charge on any atom is -0.652 e. The molecule has 2 aromatic rings. The maximum Gasteiger partial charge on any atom is 0.482 e. The summed E-state index contributed by atoms with van der Waals surface area (Å²) in [6.07, 6.45) is 6.58. The molecule has 0 saturated heterocycles. The Hall–Kier alpha value is -1.44. The molecular formula is C9H6AlN3O. The molecule has 0 amide bonds. The van der Waals surface area contributed by atoms with Crippen molar-refractivity contribution in [2.75, 3.05) is 0 Å². The van der Waals surface area contributed by atoms with Crippen LogP contribution in [0.15, 0.2) is 36.9 Å². The number of nitrogens with zero attached hydrogens (tertiary/aromatic N) is 3. The molecule has 0 aliphatic carbocycles. The van der Waals surface area contributed by atoms with Gasteiger partial charge in [-0.05, 0) is 12.1 Å². The molecule has 2 aromatic heterocycles. The minimum atomic E-state index is 0.665. The number of aromatic nitrogens is 3. The zero-order valence-electron chi connectivity index (χ0n) is 7.29. The second-order valence-corrected chi connectivity index (χ2v) is 2.79. The second kappa shape index (κ2) is 4.18. The van der Waals surface area contributed by atoms with Crippen LogP contribution in [0.1, 0.15) is 0 Å². The van der Waals surface area contributed by atoms with Gasteiger partial charge in [0, 0.05) is 18.6 Å². The molecule has 0 aromatic carbocycles. The summed E-state index contributed by atoms with van der Waals surface area (Å²) in [5, 5.41) is 0. The molecule has 66 valence electrons. The summed E-state index contributed by atoms with van der Waals surface area (Å²) in [6.45, 7) is 0. The molecule has 0 spiro atoms. The predicted octanol–water partition coefficient (Wildman–Crippen LogP) is 1.00. The van der Waals surface area contributed by atoms with E-state index in [1.807, 2.05) is 6.07 Å². The standard InChI is InChI=1S/C9H7N3O.Al/c13-8-2-1-3-12-9(8)7-6-10-4-5-11-7;/h1-6,13H;/q;+1/p-1. The van der Waals surface area contributed by atoms with E-state index in [0.29, 0.717) is 17.1 Å². The lowest BCUT2D eigenvalue weighted by Gasteiger charge is -2.07. The van der Waals surface area contributed by atoms with Crippen LogP contribution in [-0.4, -0.2) is 31.6 Å². The van der Waals surface area contributed by atoms with Crippen molar-refractivity contribution in [2.45, 2.75) is 0 Å². The zero-order chi connectivity index (χ0) is 9.80. The SMILES string of the molecule is [Al][O]c1cccnc1-c1cnccn1. The highest BCUT2D eigenvalue weighted by Crippen LogP contribution is 2.23. The first-order valence-electron chi connectivity index (χ1n) is 4.00. The van der Waals surface area contributed by atoms with Crippen LogP contribution in [0.4, 0.5) is 0 Å². The third kappa shape index (κ3) is 1.74. The van der Waals surface area contributed by atoms with E-state index in [9.17, 15) is 0 Å². The molecule has 14 heavy (non-hydrogen) atoms. The largest absolute Gasteiger partial charge is 0.652 e. The normalized spacial score (nSPS) is 9.71. The fraction of sp³-hybridized carbons (Fsp3) is 0. The van der Waals surface area contributed by atoms with E-state index in [4.69, 9.17) is 3.79 Å². The molecule has 2 radical (unpaired) electrons. The van der Waals surface area contributed by atoms with Crippen LogP contribution in [0.3, 0.4) is 0 Å². The summed E-state index contributed by atoms with van der Waals surface area (Å²) in [4.78, 5) is 12.3. The highest BCUT2D eigenvalue weighted by molar-refractivity contribution is 6.00. The molecule has 0 fully saturated rings. The van der Waals surface area contributed by atoms with Gasteiger partial charge in [-0.1, -0.05) is 0 Å². The predicted molar refractivity (Wildman–Crippen MR) is 51.6 cm³/mol. The summed E-state index contributed by atoms with van der Waals surface area (Å²) >= 11 is 2.19. The first-order valence-corrected chi connectivity index (χ1v) is 4.47. The Balaban J connectivity index is 2.51. The molecule has 0 unspecified atom stereocenters. The Morgan fingerprint density at radius 1 is 1.14 bits per heavy atom. The van der Waals surface area contributed by atoms with Crippen molar-refractivity contribution < 1.29 is 3.79 Å². The lowest BCUT2D eigenvalue weighted by atomic mass is 10.2. The second-order valence-electron chi connectivity index (χ2n) is 2.56. The van der Waals surface area contributed by atoms with Gasteiger partial charge < -0.3 is 3.79 Å². The molecule has 0 aliphatic heterocycles. The van der Waals surface area contributed by atoms with Gasteiger partial charge in [-0.3, -0.25) is 15.0 Å². The van der Waals surface area contributed by atoms with Gasteiger partial charge in [-0.25, -0.2) is 0 Å². The van der Waals surface area contributed by atoms with Gasteiger partial charge in [0.1, 0.15) is 17.1 Å². The van der Waals surface area contributed by atoms with E-state index < -0.39 is 0 Å². The van der Waals surface area contributed by atoms with Gasteiger partial charge in [0.25, 0.3) is 0 Å². The molecule has 4 nitrogen and oxygen atoms in total. The third-order valence-corrected chi connectivity index (χ3v) is 1.96. The number of hydrogen-bond acceptors (Lipinski definition) is 4. The molecule has 0 saturated carbocycles. The third-order valence-electron chi connectivity index (χ3n) is 1.70. The lowest BCUT2D eigenvalue weighted by Crippen LogP contribution is -1.93. The van der Waals surface area contributed by atoms with E-state index in [1.54, 1.807) is 30.9 Å². The van der Waals surface area contributed by atoms with Gasteiger partial charge in [-0.15, -0.1) is 0 Å². The lowest BCUT2D eigenvalue weighted by molar-refractivity contribution is 0.614. The molecular weight excluding hydrogens is 193 g/mol. The van der Waals surface area contributed by atoms with Crippen molar-refractivity contribution in [1.29, 1.82) is 0 Å². The van der Waals surface area contributed by atoms with E-state index in [-0.39, 0.29) is 0 Å². The van der Waals surface area contributed by atoms with Crippen molar-refractivity contribution in [3.8, 4) is 17.1 Å². The number of hydrogen-bond donors (Lipinski definition) is 0. The summed E-state index contributed by atoms with van der Waals surface area (Å²) in [7, 11) is 0. The Bertz CT molecular complexity index is 421. The average Bonchev–Trinajstić information content (AvgIpc) is 2.30. The number of pyridine rings is 1. The van der Waals surface area contributed by atoms with E-state index in [0.717, 1.165) is 0 Å². The monoisotopic (exact) mass is 199 g/mol. The van der Waals surface area contributed by atoms with Gasteiger partial charge in [0.15, 0.2) is 0 Å². The van der Waals surface area contributed by atoms with Crippen molar-refractivity contribution in [1.82, 2.24) is 15.0 Å². The molecule has 5 heteroatoms. The van der Waals surface area contributed by atoms with Crippen molar-refractivity contribution in [2.24, 2.45) is 0 Å². The Kier molecular flexibility index (Phi) is 2.73.